The zero-order valence-electron chi connectivity index (χ0n) is 11.4. The fraction of sp³-hybridized carbons (Fsp3) is 0.500. The van der Waals surface area contributed by atoms with Crippen molar-refractivity contribution in [3.05, 3.63) is 23.8 Å². The number of methoxy groups -OCH3 is 3. The fourth-order valence-corrected chi connectivity index (χ4v) is 3.09. The molecule has 5 heteroatoms. The normalized spacial score (nSPS) is 28.7. The lowest BCUT2D eigenvalue weighted by atomic mass is 10.1. The third kappa shape index (κ3) is 1.94. The lowest BCUT2D eigenvalue weighted by Gasteiger charge is -2.13. The first kappa shape index (κ1) is 14.0. The number of esters is 1. The van der Waals surface area contributed by atoms with E-state index >= 15 is 0 Å². The minimum atomic E-state index is -1.01. The van der Waals surface area contributed by atoms with E-state index < -0.39 is 10.8 Å². The predicted molar refractivity (Wildman–Crippen MR) is 72.1 cm³/mol. The van der Waals surface area contributed by atoms with Gasteiger partial charge in [-0.1, -0.05) is 19.1 Å². The fourth-order valence-electron chi connectivity index (χ4n) is 2.64. The van der Waals surface area contributed by atoms with Crippen LogP contribution in [-0.4, -0.2) is 32.2 Å². The van der Waals surface area contributed by atoms with Crippen LogP contribution < -0.4 is 9.47 Å². The van der Waals surface area contributed by atoms with Gasteiger partial charge < -0.3 is 14.2 Å². The average molecular weight is 285 g/mol. The first-order chi connectivity index (χ1) is 9.02. The Morgan fingerprint density at radius 2 is 1.95 bits per heavy atom. The van der Waals surface area contributed by atoms with Gasteiger partial charge in [0.2, 0.25) is 0 Å². The number of ether oxygens (including phenoxy) is 3. The van der Waals surface area contributed by atoms with Crippen LogP contribution in [0, 0.1) is 5.92 Å². The molecule has 0 saturated heterocycles. The average Bonchev–Trinajstić information content (AvgIpc) is 2.99. The second-order valence-electron chi connectivity index (χ2n) is 4.61. The predicted octanol–water partition coefficient (Wildman–Crippen LogP) is 2.59. The molecule has 19 heavy (non-hydrogen) atoms. The summed E-state index contributed by atoms with van der Waals surface area (Å²) in [5.74, 6) is 0.696. The third-order valence-electron chi connectivity index (χ3n) is 3.77. The first-order valence-corrected chi connectivity index (χ1v) is 6.38. The largest absolute Gasteiger partial charge is 0.493 e. The summed E-state index contributed by atoms with van der Waals surface area (Å²) in [4.78, 5) is 10.8. The summed E-state index contributed by atoms with van der Waals surface area (Å²) in [5, 5.41) is 0. The van der Waals surface area contributed by atoms with E-state index in [1.165, 1.54) is 7.11 Å². The van der Waals surface area contributed by atoms with Crippen molar-refractivity contribution in [2.45, 2.75) is 17.7 Å². The van der Waals surface area contributed by atoms with E-state index in [1.807, 2.05) is 25.1 Å². The summed E-state index contributed by atoms with van der Waals surface area (Å²) in [7, 11) is 4.49. The minimum Gasteiger partial charge on any atom is -0.493 e. The van der Waals surface area contributed by atoms with E-state index in [-0.39, 0.29) is 11.8 Å². The second-order valence-corrected chi connectivity index (χ2v) is 5.23. The number of para-hydroxylation sites is 1. The number of carbonyl (C=O) groups excluding carboxylic acids is 1. The molecule has 1 aliphatic rings. The molecule has 1 aliphatic carbocycles. The molecule has 4 nitrogen and oxygen atoms in total. The smallest absolute Gasteiger partial charge is 0.327 e. The van der Waals surface area contributed by atoms with Gasteiger partial charge in [0.1, 0.15) is 0 Å². The van der Waals surface area contributed by atoms with Crippen molar-refractivity contribution in [1.82, 2.24) is 0 Å². The van der Waals surface area contributed by atoms with Gasteiger partial charge in [0, 0.05) is 11.5 Å². The monoisotopic (exact) mass is 284 g/mol. The number of hydrogen-bond acceptors (Lipinski definition) is 4. The maximum Gasteiger partial charge on any atom is 0.327 e. The molecule has 0 aromatic heterocycles. The quantitative estimate of drug-likeness (QED) is 0.630. The molecule has 0 amide bonds. The highest BCUT2D eigenvalue weighted by atomic mass is 35.5. The lowest BCUT2D eigenvalue weighted by molar-refractivity contribution is -0.141. The van der Waals surface area contributed by atoms with E-state index in [4.69, 9.17) is 25.8 Å². The highest BCUT2D eigenvalue weighted by molar-refractivity contribution is 6.38. The number of carbonyl (C=O) groups is 1. The molecule has 3 atom stereocenters. The van der Waals surface area contributed by atoms with Crippen LogP contribution in [0.3, 0.4) is 0 Å². The standard InChI is InChI=1S/C14H17ClO4/c1-8-11(14(8,15)13(16)19-4)9-6-5-7-10(17-2)12(9)18-3/h5-8,11H,1-4H3/t8-,11+,14?/m0/s1. The van der Waals surface area contributed by atoms with Crippen molar-refractivity contribution < 1.29 is 19.0 Å². The molecule has 0 heterocycles. The minimum absolute atomic E-state index is 0.0115. The Kier molecular flexibility index (Phi) is 3.63. The summed E-state index contributed by atoms with van der Waals surface area (Å²) < 4.78 is 15.4. The van der Waals surface area contributed by atoms with Gasteiger partial charge in [-0.25, -0.2) is 0 Å². The summed E-state index contributed by atoms with van der Waals surface area (Å²) in [5.41, 5.74) is 0.870. The molecule has 0 aliphatic heterocycles. The van der Waals surface area contributed by atoms with E-state index in [0.717, 1.165) is 5.56 Å². The van der Waals surface area contributed by atoms with E-state index in [2.05, 4.69) is 0 Å². The Morgan fingerprint density at radius 1 is 1.26 bits per heavy atom. The molecule has 2 rings (SSSR count). The number of rotatable bonds is 4. The van der Waals surface area contributed by atoms with Crippen LogP contribution in [0.5, 0.6) is 11.5 Å². The summed E-state index contributed by atoms with van der Waals surface area (Å²) in [6, 6.07) is 5.56. The van der Waals surface area contributed by atoms with E-state index in [1.54, 1.807) is 14.2 Å². The van der Waals surface area contributed by atoms with E-state index in [0.29, 0.717) is 11.5 Å². The molecule has 0 bridgehead atoms. The van der Waals surface area contributed by atoms with Gasteiger partial charge in [-0.15, -0.1) is 11.6 Å². The zero-order chi connectivity index (χ0) is 14.2. The topological polar surface area (TPSA) is 44.8 Å². The maximum absolute atomic E-state index is 11.8. The van der Waals surface area contributed by atoms with Crippen LogP contribution in [0.15, 0.2) is 18.2 Å². The van der Waals surface area contributed by atoms with Gasteiger partial charge in [0.15, 0.2) is 16.4 Å². The Balaban J connectivity index is 2.42. The molecule has 1 saturated carbocycles. The van der Waals surface area contributed by atoms with Crippen molar-refractivity contribution in [3.8, 4) is 11.5 Å². The summed E-state index contributed by atoms with van der Waals surface area (Å²) >= 11 is 6.40. The van der Waals surface area contributed by atoms with Gasteiger partial charge >= 0.3 is 5.97 Å². The van der Waals surface area contributed by atoms with Crippen LogP contribution in [0.1, 0.15) is 18.4 Å². The summed E-state index contributed by atoms with van der Waals surface area (Å²) in [6.07, 6.45) is 0. The van der Waals surface area contributed by atoms with Crippen LogP contribution in [0.25, 0.3) is 0 Å². The second kappa shape index (κ2) is 4.93. The van der Waals surface area contributed by atoms with Crippen molar-refractivity contribution >= 4 is 17.6 Å². The molecule has 1 aromatic carbocycles. The van der Waals surface area contributed by atoms with Crippen molar-refractivity contribution in [1.29, 1.82) is 0 Å². The number of hydrogen-bond donors (Lipinski definition) is 0. The molecule has 0 N–H and O–H groups in total. The Bertz CT molecular complexity index is 502. The Morgan fingerprint density at radius 3 is 2.47 bits per heavy atom. The molecule has 1 unspecified atom stereocenters. The van der Waals surface area contributed by atoms with Gasteiger partial charge in [0.25, 0.3) is 0 Å². The highest BCUT2D eigenvalue weighted by Gasteiger charge is 2.68. The zero-order valence-corrected chi connectivity index (χ0v) is 12.2. The van der Waals surface area contributed by atoms with Crippen LogP contribution >= 0.6 is 11.6 Å². The first-order valence-electron chi connectivity index (χ1n) is 6.00. The lowest BCUT2D eigenvalue weighted by Crippen LogP contribution is -2.21. The Labute approximate surface area is 117 Å². The maximum atomic E-state index is 11.8. The van der Waals surface area contributed by atoms with Crippen molar-refractivity contribution in [2.24, 2.45) is 5.92 Å². The third-order valence-corrected chi connectivity index (χ3v) is 4.51. The molecule has 104 valence electrons. The van der Waals surface area contributed by atoms with Gasteiger partial charge in [0.05, 0.1) is 21.3 Å². The number of alkyl halides is 1. The molecule has 0 spiro atoms. The SMILES string of the molecule is COC(=O)C1(Cl)[C@@H](C)[C@@H]1c1cccc(OC)c1OC. The van der Waals surface area contributed by atoms with Crippen molar-refractivity contribution in [3.63, 3.8) is 0 Å². The van der Waals surface area contributed by atoms with Crippen molar-refractivity contribution in [2.75, 3.05) is 21.3 Å². The molecular formula is C14H17ClO4. The van der Waals surface area contributed by atoms with Gasteiger partial charge in [-0.05, 0) is 12.0 Å². The molecular weight excluding hydrogens is 268 g/mol. The van der Waals surface area contributed by atoms with Crippen LogP contribution in [-0.2, 0) is 9.53 Å². The summed E-state index contributed by atoms with van der Waals surface area (Å²) in [6.45, 7) is 1.92. The highest BCUT2D eigenvalue weighted by Crippen LogP contribution is 2.64. The van der Waals surface area contributed by atoms with Crippen LogP contribution in [0.4, 0.5) is 0 Å². The van der Waals surface area contributed by atoms with Crippen LogP contribution in [0.2, 0.25) is 0 Å². The van der Waals surface area contributed by atoms with Gasteiger partial charge in [-0.2, -0.15) is 0 Å². The number of halogens is 1. The molecule has 0 radical (unpaired) electrons. The Hall–Kier alpha value is -1.42. The van der Waals surface area contributed by atoms with E-state index in [9.17, 15) is 4.79 Å². The van der Waals surface area contributed by atoms with Gasteiger partial charge in [-0.3, -0.25) is 4.79 Å². The number of benzene rings is 1. The molecule has 1 fully saturated rings. The molecule has 1 aromatic rings.